The van der Waals surface area contributed by atoms with E-state index in [0.29, 0.717) is 0 Å². The van der Waals surface area contributed by atoms with E-state index in [0.717, 1.165) is 6.42 Å². The van der Waals surface area contributed by atoms with Gasteiger partial charge < -0.3 is 0 Å². The molecular formula is C25H24N2. The number of rotatable bonds is 1. The van der Waals surface area contributed by atoms with Gasteiger partial charge in [0.05, 0.1) is 0 Å². The third-order valence-corrected chi connectivity index (χ3v) is 4.59. The summed E-state index contributed by atoms with van der Waals surface area (Å²) in [5, 5.41) is 0. The van der Waals surface area contributed by atoms with Crippen LogP contribution in [0, 0.1) is 0 Å². The summed E-state index contributed by atoms with van der Waals surface area (Å²) in [4.78, 5) is 0. The molecule has 0 atom stereocenters. The van der Waals surface area contributed by atoms with Crippen molar-refractivity contribution in [3.05, 3.63) is 120 Å². The van der Waals surface area contributed by atoms with Crippen molar-refractivity contribution in [2.45, 2.75) is 6.42 Å². The van der Waals surface area contributed by atoms with Gasteiger partial charge in [-0.2, -0.15) is 0 Å². The first-order valence-electron chi connectivity index (χ1n) is 9.02. The maximum absolute atomic E-state index is 4.00. The number of nitrogens with two attached hydrogens (primary N) is 2. The molecule has 2 heteroatoms. The zero-order chi connectivity index (χ0) is 18.9. The molecule has 4 N–H and O–H groups in total. The predicted molar refractivity (Wildman–Crippen MR) is 115 cm³/mol. The van der Waals surface area contributed by atoms with E-state index < -0.39 is 0 Å². The van der Waals surface area contributed by atoms with Crippen LogP contribution in [-0.4, -0.2) is 0 Å². The summed E-state index contributed by atoms with van der Waals surface area (Å²) in [5.41, 5.74) is 8.31. The molecule has 4 aromatic carbocycles. The van der Waals surface area contributed by atoms with Crippen molar-refractivity contribution in [3.8, 4) is 22.3 Å². The lowest BCUT2D eigenvalue weighted by Crippen LogP contribution is -2.02. The summed E-state index contributed by atoms with van der Waals surface area (Å²) in [6, 6.07) is 38.1. The zero-order valence-electron chi connectivity index (χ0n) is 15.3. The Balaban J connectivity index is 0.000000143. The third-order valence-electron chi connectivity index (χ3n) is 4.59. The van der Waals surface area contributed by atoms with Gasteiger partial charge in [-0.3, -0.25) is 11.7 Å². The fourth-order valence-electron chi connectivity index (χ4n) is 3.34. The van der Waals surface area contributed by atoms with E-state index in [1.165, 1.54) is 33.4 Å². The minimum atomic E-state index is 1.10. The maximum Gasteiger partial charge on any atom is -0.00135 e. The third kappa shape index (κ3) is 4.50. The largest absolute Gasteiger partial charge is 0.274 e. The minimum Gasteiger partial charge on any atom is -0.274 e. The summed E-state index contributed by atoms with van der Waals surface area (Å²) in [6.45, 7) is 0. The second-order valence-electron chi connectivity index (χ2n) is 6.22. The fraction of sp³-hybridized carbons (Fsp3) is 0.0400. The molecule has 1 aliphatic rings. The standard InChI is InChI=1S/C13H10.C12H10.H4N2/c1-3-7-12-10(5-1)9-11-6-2-4-8-13(11)12;1-3-7-11(8-4-1)12-9-5-2-6-10-12;1-2/h1-8H,9H2;1-10H;1-2H2. The molecule has 0 spiro atoms. The van der Waals surface area contributed by atoms with E-state index in [4.69, 9.17) is 0 Å². The molecule has 0 heterocycles. The lowest BCUT2D eigenvalue weighted by atomic mass is 10.1. The molecule has 5 rings (SSSR count). The van der Waals surface area contributed by atoms with Gasteiger partial charge >= 0.3 is 0 Å². The van der Waals surface area contributed by atoms with Gasteiger partial charge in [-0.15, -0.1) is 0 Å². The Morgan fingerprint density at radius 3 is 1.15 bits per heavy atom. The Bertz CT molecular complexity index is 882. The average molecular weight is 352 g/mol. The highest BCUT2D eigenvalue weighted by atomic mass is 15.0. The van der Waals surface area contributed by atoms with E-state index in [2.05, 4.69) is 109 Å². The lowest BCUT2D eigenvalue weighted by molar-refractivity contribution is 1.26. The molecule has 4 aromatic rings. The molecular weight excluding hydrogens is 328 g/mol. The van der Waals surface area contributed by atoms with Gasteiger partial charge in [-0.1, -0.05) is 109 Å². The van der Waals surface area contributed by atoms with Gasteiger partial charge in [0.15, 0.2) is 0 Å². The van der Waals surface area contributed by atoms with Crippen molar-refractivity contribution in [1.82, 2.24) is 0 Å². The topological polar surface area (TPSA) is 52.0 Å². The van der Waals surface area contributed by atoms with Crippen molar-refractivity contribution >= 4 is 0 Å². The van der Waals surface area contributed by atoms with Crippen LogP contribution >= 0.6 is 0 Å². The van der Waals surface area contributed by atoms with Crippen LogP contribution < -0.4 is 11.7 Å². The number of hydrogen-bond acceptors (Lipinski definition) is 2. The summed E-state index contributed by atoms with van der Waals surface area (Å²) >= 11 is 0. The van der Waals surface area contributed by atoms with Crippen LogP contribution in [0.2, 0.25) is 0 Å². The molecule has 1 aliphatic carbocycles. The molecule has 134 valence electrons. The van der Waals surface area contributed by atoms with Crippen LogP contribution in [0.15, 0.2) is 109 Å². The molecule has 2 nitrogen and oxygen atoms in total. The van der Waals surface area contributed by atoms with Crippen LogP contribution in [-0.2, 0) is 6.42 Å². The number of hydrogen-bond donors (Lipinski definition) is 2. The van der Waals surface area contributed by atoms with Gasteiger partial charge in [0.25, 0.3) is 0 Å². The monoisotopic (exact) mass is 352 g/mol. The van der Waals surface area contributed by atoms with Crippen LogP contribution in [0.4, 0.5) is 0 Å². The Kier molecular flexibility index (Phi) is 6.53. The molecule has 0 unspecified atom stereocenters. The van der Waals surface area contributed by atoms with Gasteiger partial charge in [0, 0.05) is 0 Å². The maximum atomic E-state index is 4.00. The number of hydrazine groups is 1. The first-order valence-corrected chi connectivity index (χ1v) is 9.02. The Morgan fingerprint density at radius 2 is 0.741 bits per heavy atom. The molecule has 0 fully saturated rings. The van der Waals surface area contributed by atoms with Gasteiger partial charge in [0.1, 0.15) is 0 Å². The summed E-state index contributed by atoms with van der Waals surface area (Å²) in [7, 11) is 0. The molecule has 0 aromatic heterocycles. The highest BCUT2D eigenvalue weighted by Crippen LogP contribution is 2.35. The van der Waals surface area contributed by atoms with Gasteiger partial charge in [0.2, 0.25) is 0 Å². The van der Waals surface area contributed by atoms with Crippen molar-refractivity contribution in [2.24, 2.45) is 11.7 Å². The quantitative estimate of drug-likeness (QED) is 0.312. The van der Waals surface area contributed by atoms with Gasteiger partial charge in [-0.25, -0.2) is 0 Å². The zero-order valence-corrected chi connectivity index (χ0v) is 15.3. The summed E-state index contributed by atoms with van der Waals surface area (Å²) in [6.07, 6.45) is 1.10. The van der Waals surface area contributed by atoms with E-state index >= 15 is 0 Å². The molecule has 0 aliphatic heterocycles. The van der Waals surface area contributed by atoms with E-state index in [1.807, 2.05) is 12.1 Å². The second-order valence-corrected chi connectivity index (χ2v) is 6.22. The Labute approximate surface area is 161 Å². The van der Waals surface area contributed by atoms with Crippen molar-refractivity contribution < 1.29 is 0 Å². The highest BCUT2D eigenvalue weighted by molar-refractivity contribution is 5.76. The molecule has 0 amide bonds. The minimum absolute atomic E-state index is 1.10. The summed E-state index contributed by atoms with van der Waals surface area (Å²) in [5.74, 6) is 8.00. The number of fused-ring (bicyclic) bond motifs is 3. The second kappa shape index (κ2) is 9.48. The van der Waals surface area contributed by atoms with Crippen LogP contribution in [0.5, 0.6) is 0 Å². The Hall–Kier alpha value is -3.20. The normalized spacial score (nSPS) is 10.4. The smallest absolute Gasteiger partial charge is 0.00135 e. The SMILES string of the molecule is NN.c1ccc(-c2ccccc2)cc1.c1ccc2c(c1)Cc1ccccc1-2. The first kappa shape index (κ1) is 18.6. The highest BCUT2D eigenvalue weighted by Gasteiger charge is 2.15. The van der Waals surface area contributed by atoms with E-state index in [1.54, 1.807) is 0 Å². The molecule has 27 heavy (non-hydrogen) atoms. The van der Waals surface area contributed by atoms with E-state index in [9.17, 15) is 0 Å². The lowest BCUT2D eigenvalue weighted by Gasteiger charge is -1.98. The number of benzene rings is 4. The van der Waals surface area contributed by atoms with Crippen LogP contribution in [0.1, 0.15) is 11.1 Å². The Morgan fingerprint density at radius 1 is 0.407 bits per heavy atom. The van der Waals surface area contributed by atoms with Crippen molar-refractivity contribution in [3.63, 3.8) is 0 Å². The van der Waals surface area contributed by atoms with Crippen molar-refractivity contribution in [1.29, 1.82) is 0 Å². The molecule has 0 saturated heterocycles. The molecule has 0 bridgehead atoms. The molecule has 0 saturated carbocycles. The summed E-state index contributed by atoms with van der Waals surface area (Å²) < 4.78 is 0. The molecule has 0 radical (unpaired) electrons. The van der Waals surface area contributed by atoms with Crippen molar-refractivity contribution in [2.75, 3.05) is 0 Å². The van der Waals surface area contributed by atoms with Crippen LogP contribution in [0.3, 0.4) is 0 Å². The predicted octanol–water partition coefficient (Wildman–Crippen LogP) is 5.43. The average Bonchev–Trinajstić information content (AvgIpc) is 3.16. The van der Waals surface area contributed by atoms with Gasteiger partial charge in [-0.05, 0) is 39.8 Å². The fourth-order valence-corrected chi connectivity index (χ4v) is 3.34. The van der Waals surface area contributed by atoms with Crippen LogP contribution in [0.25, 0.3) is 22.3 Å². The van der Waals surface area contributed by atoms with E-state index in [-0.39, 0.29) is 0 Å². The first-order chi connectivity index (χ1) is 13.4.